The molecule has 2 rings (SSSR count). The average Bonchev–Trinajstić information content (AvgIpc) is 2.85. The molecule has 0 radical (unpaired) electrons. The van der Waals surface area contributed by atoms with E-state index in [4.69, 9.17) is 0 Å². The van der Waals surface area contributed by atoms with Crippen LogP contribution < -0.4 is 10.0 Å². The highest BCUT2D eigenvalue weighted by Gasteiger charge is 2.13. The molecule has 112 valence electrons. The van der Waals surface area contributed by atoms with Crippen molar-refractivity contribution in [3.63, 3.8) is 0 Å². The van der Waals surface area contributed by atoms with Gasteiger partial charge in [-0.15, -0.1) is 11.3 Å². The molecule has 0 aliphatic carbocycles. The van der Waals surface area contributed by atoms with Crippen LogP contribution in [0.15, 0.2) is 41.4 Å². The van der Waals surface area contributed by atoms with Crippen molar-refractivity contribution in [3.05, 3.63) is 41.4 Å². The lowest BCUT2D eigenvalue weighted by molar-refractivity contribution is -0.116. The third-order valence-corrected chi connectivity index (χ3v) is 4.87. The number of hydrogen-bond donors (Lipinski definition) is 2. The summed E-state index contributed by atoms with van der Waals surface area (Å²) >= 11 is 1.37. The zero-order chi connectivity index (χ0) is 15.3. The molecule has 2 aromatic rings. The Hall–Kier alpha value is -1.77. The lowest BCUT2D eigenvalue weighted by atomic mass is 10.4. The van der Waals surface area contributed by atoms with Gasteiger partial charge in [0.25, 0.3) is 0 Å². The van der Waals surface area contributed by atoms with Crippen LogP contribution in [0.25, 0.3) is 0 Å². The van der Waals surface area contributed by atoms with Crippen LogP contribution in [0.1, 0.15) is 11.3 Å². The molecule has 1 aromatic heterocycles. The Morgan fingerprint density at radius 3 is 2.62 bits per heavy atom. The molecule has 0 aliphatic heterocycles. The highest BCUT2D eigenvalue weighted by atomic mass is 32.2. The van der Waals surface area contributed by atoms with Crippen molar-refractivity contribution in [2.24, 2.45) is 0 Å². The quantitative estimate of drug-likeness (QED) is 0.847. The van der Waals surface area contributed by atoms with E-state index in [1.165, 1.54) is 23.5 Å². The molecule has 1 heterocycles. The topological polar surface area (TPSA) is 88.2 Å². The lowest BCUT2D eigenvalue weighted by Gasteiger charge is -2.06. The van der Waals surface area contributed by atoms with Gasteiger partial charge in [-0.1, -0.05) is 18.2 Å². The number of sulfonamides is 1. The number of nitrogens with one attached hydrogen (secondary N) is 2. The Kier molecular flexibility index (Phi) is 5.05. The number of carbonyl (C=O) groups excluding carboxylic acids is 1. The molecule has 0 atom stereocenters. The highest BCUT2D eigenvalue weighted by molar-refractivity contribution is 7.89. The van der Waals surface area contributed by atoms with Crippen molar-refractivity contribution in [1.82, 2.24) is 9.71 Å². The fourth-order valence-electron chi connectivity index (χ4n) is 1.58. The smallest absolute Gasteiger partial charge is 0.240 e. The molecule has 0 aliphatic rings. The number of amides is 1. The maximum absolute atomic E-state index is 11.9. The van der Waals surface area contributed by atoms with Gasteiger partial charge in [-0.05, 0) is 19.1 Å². The highest BCUT2D eigenvalue weighted by Crippen LogP contribution is 2.16. The second-order valence-corrected chi connectivity index (χ2v) is 7.29. The fraction of sp³-hybridized carbons (Fsp3) is 0.231. The Bertz CT molecular complexity index is 711. The van der Waals surface area contributed by atoms with E-state index in [2.05, 4.69) is 15.0 Å². The van der Waals surface area contributed by atoms with Crippen LogP contribution in [0.2, 0.25) is 0 Å². The number of carbonyl (C=O) groups is 1. The molecule has 0 saturated heterocycles. The van der Waals surface area contributed by atoms with Crippen LogP contribution >= 0.6 is 11.3 Å². The van der Waals surface area contributed by atoms with Crippen molar-refractivity contribution >= 4 is 32.4 Å². The van der Waals surface area contributed by atoms with Gasteiger partial charge in [-0.25, -0.2) is 18.1 Å². The molecule has 1 amide bonds. The van der Waals surface area contributed by atoms with Crippen molar-refractivity contribution < 1.29 is 13.2 Å². The zero-order valence-corrected chi connectivity index (χ0v) is 13.0. The summed E-state index contributed by atoms with van der Waals surface area (Å²) in [7, 11) is -3.57. The Morgan fingerprint density at radius 2 is 2.00 bits per heavy atom. The number of thiazole rings is 1. The number of aromatic nitrogens is 1. The van der Waals surface area contributed by atoms with E-state index >= 15 is 0 Å². The molecule has 2 N–H and O–H groups in total. The largest absolute Gasteiger partial charge is 0.302 e. The third kappa shape index (κ3) is 4.62. The number of aryl methyl sites for hydroxylation is 1. The van der Waals surface area contributed by atoms with Crippen LogP contribution in [0.4, 0.5) is 5.13 Å². The summed E-state index contributed by atoms with van der Waals surface area (Å²) in [4.78, 5) is 16.8. The van der Waals surface area contributed by atoms with Gasteiger partial charge in [0.15, 0.2) is 5.13 Å². The Morgan fingerprint density at radius 1 is 1.29 bits per heavy atom. The number of benzene rings is 1. The van der Waals surface area contributed by atoms with Gasteiger partial charge >= 0.3 is 0 Å². The maximum atomic E-state index is 11.9. The van der Waals surface area contributed by atoms with E-state index in [1.54, 1.807) is 24.4 Å². The number of anilines is 1. The van der Waals surface area contributed by atoms with E-state index in [-0.39, 0.29) is 23.8 Å². The molecule has 0 spiro atoms. The van der Waals surface area contributed by atoms with Crippen molar-refractivity contribution in [2.75, 3.05) is 11.9 Å². The molecular weight excluding hydrogens is 310 g/mol. The molecule has 0 unspecified atom stereocenters. The van der Waals surface area contributed by atoms with Gasteiger partial charge in [-0.3, -0.25) is 4.79 Å². The average molecular weight is 325 g/mol. The first-order valence-corrected chi connectivity index (χ1v) is 8.54. The van der Waals surface area contributed by atoms with Crippen LogP contribution in [0.5, 0.6) is 0 Å². The number of hydrogen-bond acceptors (Lipinski definition) is 5. The predicted octanol–water partition coefficient (Wildman–Crippen LogP) is 1.76. The standard InChI is InChI=1S/C13H15N3O3S2/c1-10-9-14-13(20-10)16-12(17)7-8-15-21(18,19)11-5-3-2-4-6-11/h2-6,9,15H,7-8H2,1H3,(H,14,16,17). The summed E-state index contributed by atoms with van der Waals surface area (Å²) in [5.41, 5.74) is 0. The maximum Gasteiger partial charge on any atom is 0.240 e. The van der Waals surface area contributed by atoms with Gasteiger partial charge in [-0.2, -0.15) is 0 Å². The molecular formula is C13H15N3O3S2. The molecule has 0 bridgehead atoms. The zero-order valence-electron chi connectivity index (χ0n) is 11.4. The van der Waals surface area contributed by atoms with E-state index in [0.717, 1.165) is 4.88 Å². The summed E-state index contributed by atoms with van der Waals surface area (Å²) in [5, 5.41) is 3.14. The summed E-state index contributed by atoms with van der Waals surface area (Å²) in [6.45, 7) is 1.93. The van der Waals surface area contributed by atoms with Crippen molar-refractivity contribution in [3.8, 4) is 0 Å². The minimum atomic E-state index is -3.57. The van der Waals surface area contributed by atoms with Crippen LogP contribution in [0, 0.1) is 6.92 Å². The SMILES string of the molecule is Cc1cnc(NC(=O)CCNS(=O)(=O)c2ccccc2)s1. The predicted molar refractivity (Wildman–Crippen MR) is 81.7 cm³/mol. The van der Waals surface area contributed by atoms with E-state index in [1.807, 2.05) is 6.92 Å². The third-order valence-electron chi connectivity index (χ3n) is 2.57. The van der Waals surface area contributed by atoms with Crippen LogP contribution in [0.3, 0.4) is 0 Å². The molecule has 1 aromatic carbocycles. The fourth-order valence-corrected chi connectivity index (χ4v) is 3.31. The normalized spacial score (nSPS) is 11.3. The molecule has 6 nitrogen and oxygen atoms in total. The van der Waals surface area contributed by atoms with Gasteiger partial charge in [0.2, 0.25) is 15.9 Å². The second-order valence-electron chi connectivity index (χ2n) is 4.29. The minimum absolute atomic E-state index is 0.0351. The number of nitrogens with zero attached hydrogens (tertiary/aromatic N) is 1. The molecule has 0 fully saturated rings. The minimum Gasteiger partial charge on any atom is -0.302 e. The second kappa shape index (κ2) is 6.79. The first-order chi connectivity index (χ1) is 9.97. The lowest BCUT2D eigenvalue weighted by Crippen LogP contribution is -2.27. The molecule has 8 heteroatoms. The Labute approximate surface area is 127 Å². The summed E-state index contributed by atoms with van der Waals surface area (Å²) in [6, 6.07) is 8.03. The Balaban J connectivity index is 1.82. The van der Waals surface area contributed by atoms with E-state index in [0.29, 0.717) is 5.13 Å². The van der Waals surface area contributed by atoms with Gasteiger partial charge in [0.1, 0.15) is 0 Å². The summed E-state index contributed by atoms with van der Waals surface area (Å²) < 4.78 is 26.2. The van der Waals surface area contributed by atoms with Crippen LogP contribution in [-0.4, -0.2) is 25.9 Å². The monoisotopic (exact) mass is 325 g/mol. The van der Waals surface area contributed by atoms with Crippen molar-refractivity contribution in [2.45, 2.75) is 18.2 Å². The van der Waals surface area contributed by atoms with E-state index < -0.39 is 10.0 Å². The van der Waals surface area contributed by atoms with Gasteiger partial charge < -0.3 is 5.32 Å². The van der Waals surface area contributed by atoms with E-state index in [9.17, 15) is 13.2 Å². The van der Waals surface area contributed by atoms with Gasteiger partial charge in [0.05, 0.1) is 4.90 Å². The number of rotatable bonds is 6. The summed E-state index contributed by atoms with van der Waals surface area (Å²) in [5.74, 6) is -0.278. The molecule has 0 saturated carbocycles. The first-order valence-electron chi connectivity index (χ1n) is 6.24. The summed E-state index contributed by atoms with van der Waals surface area (Å²) in [6.07, 6.45) is 1.71. The molecule has 21 heavy (non-hydrogen) atoms. The van der Waals surface area contributed by atoms with Crippen molar-refractivity contribution in [1.29, 1.82) is 0 Å². The van der Waals surface area contributed by atoms with Crippen LogP contribution in [-0.2, 0) is 14.8 Å². The first kappa shape index (κ1) is 15.6. The van der Waals surface area contributed by atoms with Gasteiger partial charge in [0, 0.05) is 24.0 Å².